The molecule has 31 heavy (non-hydrogen) atoms. The van der Waals surface area contributed by atoms with Crippen LogP contribution < -0.4 is 0 Å². The van der Waals surface area contributed by atoms with E-state index >= 15 is 0 Å². The molecule has 0 amide bonds. The molecule has 0 bridgehead atoms. The second kappa shape index (κ2) is 11.2. The molecule has 0 aromatic heterocycles. The second-order valence-corrected chi connectivity index (χ2v) is 9.34. The third-order valence-corrected chi connectivity index (χ3v) is 6.99. The van der Waals surface area contributed by atoms with Crippen LogP contribution in [0.5, 0.6) is 0 Å². The molecule has 0 radical (unpaired) electrons. The molecular weight excluding hydrogens is 393 g/mol. The zero-order valence-electron chi connectivity index (χ0n) is 19.1. The van der Waals surface area contributed by atoms with Crippen LogP contribution in [0.25, 0.3) is 11.1 Å². The van der Waals surface area contributed by atoms with Gasteiger partial charge < -0.3 is 0 Å². The first kappa shape index (κ1) is 23.9. The fourth-order valence-electron chi connectivity index (χ4n) is 4.94. The summed E-state index contributed by atoms with van der Waals surface area (Å²) in [4.78, 5) is 0. The molecule has 1 aliphatic rings. The van der Waals surface area contributed by atoms with Crippen LogP contribution in [0.2, 0.25) is 0 Å². The Bertz CT molecular complexity index is 802. The molecule has 0 nitrogen and oxygen atoms in total. The van der Waals surface area contributed by atoms with Crippen LogP contribution in [0.3, 0.4) is 0 Å². The average molecular weight is 431 g/mol. The van der Waals surface area contributed by atoms with Gasteiger partial charge in [-0.05, 0) is 72.8 Å². The van der Waals surface area contributed by atoms with E-state index in [4.69, 9.17) is 0 Å². The van der Waals surface area contributed by atoms with Gasteiger partial charge in [0.15, 0.2) is 0 Å². The molecule has 3 heteroatoms. The van der Waals surface area contributed by atoms with Crippen molar-refractivity contribution in [3.8, 4) is 11.1 Å². The van der Waals surface area contributed by atoms with Gasteiger partial charge in [0.05, 0.1) is 5.56 Å². The molecule has 1 saturated carbocycles. The number of halogens is 3. The van der Waals surface area contributed by atoms with E-state index in [2.05, 4.69) is 19.1 Å². The summed E-state index contributed by atoms with van der Waals surface area (Å²) in [6, 6.07) is 12.4. The maximum Gasteiger partial charge on any atom is 0.276 e. The van der Waals surface area contributed by atoms with Crippen molar-refractivity contribution in [3.63, 3.8) is 0 Å². The van der Waals surface area contributed by atoms with E-state index in [9.17, 15) is 13.2 Å². The summed E-state index contributed by atoms with van der Waals surface area (Å²) in [5.41, 5.74) is 2.38. The Morgan fingerprint density at radius 2 is 1.45 bits per heavy atom. The highest BCUT2D eigenvalue weighted by Crippen LogP contribution is 2.39. The summed E-state index contributed by atoms with van der Waals surface area (Å²) in [6.07, 6.45) is 11.2. The predicted molar refractivity (Wildman–Crippen MR) is 124 cm³/mol. The minimum absolute atomic E-state index is 0.310. The zero-order valence-corrected chi connectivity index (χ0v) is 19.1. The first-order chi connectivity index (χ1) is 14.9. The number of unbranched alkanes of at least 4 members (excludes halogenated alkanes) is 3. The Kier molecular flexibility index (Phi) is 8.63. The predicted octanol–water partition coefficient (Wildman–Crippen LogP) is 9.63. The van der Waals surface area contributed by atoms with Crippen LogP contribution in [-0.4, -0.2) is 0 Å². The maximum atomic E-state index is 14.5. The van der Waals surface area contributed by atoms with Crippen LogP contribution >= 0.6 is 0 Å². The summed E-state index contributed by atoms with van der Waals surface area (Å²) < 4.78 is 43.0. The Balaban J connectivity index is 1.62. The van der Waals surface area contributed by atoms with Crippen molar-refractivity contribution >= 4 is 0 Å². The molecule has 0 unspecified atom stereocenters. The fraction of sp³-hybridized carbons (Fsp3) is 0.571. The first-order valence-corrected chi connectivity index (χ1v) is 12.2. The molecule has 0 saturated heterocycles. The van der Waals surface area contributed by atoms with Gasteiger partial charge >= 0.3 is 0 Å². The third-order valence-electron chi connectivity index (χ3n) is 6.99. The van der Waals surface area contributed by atoms with Crippen molar-refractivity contribution in [1.82, 2.24) is 0 Å². The number of rotatable bonds is 10. The van der Waals surface area contributed by atoms with Crippen molar-refractivity contribution in [2.45, 2.75) is 96.3 Å². The number of hydrogen-bond donors (Lipinski definition) is 0. The summed E-state index contributed by atoms with van der Waals surface area (Å²) in [5.74, 6) is -2.44. The third kappa shape index (κ3) is 6.37. The zero-order chi connectivity index (χ0) is 22.3. The molecule has 0 aliphatic heterocycles. The van der Waals surface area contributed by atoms with Crippen molar-refractivity contribution in [2.75, 3.05) is 0 Å². The topological polar surface area (TPSA) is 0 Å². The Hall–Kier alpha value is -1.77. The summed E-state index contributed by atoms with van der Waals surface area (Å²) in [7, 11) is 0. The number of hydrogen-bond acceptors (Lipinski definition) is 0. The molecule has 0 N–H and O–H groups in total. The van der Waals surface area contributed by atoms with E-state index in [-0.39, 0.29) is 6.42 Å². The lowest BCUT2D eigenvalue weighted by molar-refractivity contribution is -0.0187. The lowest BCUT2D eigenvalue weighted by Crippen LogP contribution is -2.15. The van der Waals surface area contributed by atoms with E-state index in [1.165, 1.54) is 69.1 Å². The smallest absolute Gasteiger partial charge is 0.206 e. The van der Waals surface area contributed by atoms with Gasteiger partial charge in [0.2, 0.25) is 0 Å². The molecule has 0 atom stereocenters. The highest BCUT2D eigenvalue weighted by molar-refractivity contribution is 5.64. The molecule has 3 rings (SSSR count). The van der Waals surface area contributed by atoms with Crippen molar-refractivity contribution in [2.24, 2.45) is 5.92 Å². The minimum atomic E-state index is -3.11. The van der Waals surface area contributed by atoms with Gasteiger partial charge in [-0.1, -0.05) is 76.3 Å². The molecule has 2 aromatic rings. The SMILES string of the molecule is CCCCC[C@H]1CC[C@H](c2ccc(-c3ccc(C(F)(F)CCCC)c(F)c3)cc2)CC1. The Morgan fingerprint density at radius 3 is 2.06 bits per heavy atom. The average Bonchev–Trinajstić information content (AvgIpc) is 2.78. The largest absolute Gasteiger partial charge is 0.276 e. The van der Waals surface area contributed by atoms with Crippen LogP contribution in [-0.2, 0) is 5.92 Å². The molecule has 0 spiro atoms. The normalized spacial score (nSPS) is 19.5. The summed E-state index contributed by atoms with van der Waals surface area (Å²) >= 11 is 0. The standard InChI is InChI=1S/C28H37F3/c1-3-5-7-8-21-9-11-22(12-10-21)23-13-15-24(16-14-23)25-17-18-26(27(29)20-25)28(30,31)19-6-4-2/h13-18,20-22H,3-12,19H2,1-2H3/t21-,22-. The second-order valence-electron chi connectivity index (χ2n) is 9.34. The van der Waals surface area contributed by atoms with Crippen LogP contribution in [0.4, 0.5) is 13.2 Å². The monoisotopic (exact) mass is 430 g/mol. The van der Waals surface area contributed by atoms with Gasteiger partial charge in [0, 0.05) is 6.42 Å². The number of alkyl halides is 2. The maximum absolute atomic E-state index is 14.5. The highest BCUT2D eigenvalue weighted by Gasteiger charge is 2.33. The Labute approximate surface area is 186 Å². The van der Waals surface area contributed by atoms with Crippen LogP contribution in [0.15, 0.2) is 42.5 Å². The lowest BCUT2D eigenvalue weighted by Gasteiger charge is -2.29. The molecule has 1 fully saturated rings. The van der Waals surface area contributed by atoms with E-state index in [1.807, 2.05) is 19.1 Å². The van der Waals surface area contributed by atoms with E-state index in [0.717, 1.165) is 11.5 Å². The van der Waals surface area contributed by atoms with E-state index in [1.54, 1.807) is 6.07 Å². The minimum Gasteiger partial charge on any atom is -0.206 e. The van der Waals surface area contributed by atoms with Gasteiger partial charge in [0.25, 0.3) is 5.92 Å². The number of benzene rings is 2. The summed E-state index contributed by atoms with van der Waals surface area (Å²) in [5, 5.41) is 0. The quantitative estimate of drug-likeness (QED) is 0.329. The molecule has 0 heterocycles. The van der Waals surface area contributed by atoms with Crippen molar-refractivity contribution in [3.05, 3.63) is 59.4 Å². The molecule has 1 aliphatic carbocycles. The van der Waals surface area contributed by atoms with Crippen molar-refractivity contribution < 1.29 is 13.2 Å². The Morgan fingerprint density at radius 1 is 0.806 bits per heavy atom. The molecular formula is C28H37F3. The van der Waals surface area contributed by atoms with Crippen LogP contribution in [0.1, 0.15) is 102 Å². The van der Waals surface area contributed by atoms with Crippen molar-refractivity contribution in [1.29, 1.82) is 0 Å². The summed E-state index contributed by atoms with van der Waals surface area (Å²) in [6.45, 7) is 4.12. The van der Waals surface area contributed by atoms with E-state index < -0.39 is 17.3 Å². The van der Waals surface area contributed by atoms with Gasteiger partial charge in [-0.15, -0.1) is 0 Å². The first-order valence-electron chi connectivity index (χ1n) is 12.2. The van der Waals surface area contributed by atoms with Gasteiger partial charge in [0.1, 0.15) is 5.82 Å². The van der Waals surface area contributed by atoms with E-state index in [0.29, 0.717) is 24.3 Å². The van der Waals surface area contributed by atoms with Crippen LogP contribution in [0, 0.1) is 11.7 Å². The van der Waals surface area contributed by atoms with Gasteiger partial charge in [-0.2, -0.15) is 0 Å². The molecule has 2 aromatic carbocycles. The fourth-order valence-corrected chi connectivity index (χ4v) is 4.94. The molecule has 170 valence electrons. The van der Waals surface area contributed by atoms with Gasteiger partial charge in [-0.3, -0.25) is 0 Å². The van der Waals surface area contributed by atoms with Gasteiger partial charge in [-0.25, -0.2) is 13.2 Å². The highest BCUT2D eigenvalue weighted by atomic mass is 19.3. The lowest BCUT2D eigenvalue weighted by atomic mass is 9.77.